The summed E-state index contributed by atoms with van der Waals surface area (Å²) in [6.07, 6.45) is 2.35. The number of benzene rings is 1. The molecule has 0 radical (unpaired) electrons. The summed E-state index contributed by atoms with van der Waals surface area (Å²) in [5.41, 5.74) is 0.731. The minimum Gasteiger partial charge on any atom is -0.493 e. The summed E-state index contributed by atoms with van der Waals surface area (Å²) in [6.45, 7) is -0.119. The van der Waals surface area contributed by atoms with Crippen LogP contribution < -0.4 is 20.1 Å². The number of methoxy groups -OCH3 is 2. The summed E-state index contributed by atoms with van der Waals surface area (Å²) in [7, 11) is 3.09. The van der Waals surface area contributed by atoms with Crippen LogP contribution in [0.4, 0.5) is 0 Å². The highest BCUT2D eigenvalue weighted by atomic mass is 16.5. The van der Waals surface area contributed by atoms with Gasteiger partial charge in [0.2, 0.25) is 5.91 Å². The summed E-state index contributed by atoms with van der Waals surface area (Å²) < 4.78 is 16.1. The number of carbonyl (C=O) groups is 2. The SMILES string of the molecule is COc1ccc([C@H]2NC(=O)CO[C@@H]2C(=O)NC2CCC2)cc1OC. The maximum atomic E-state index is 12.5. The van der Waals surface area contributed by atoms with Crippen LogP contribution in [0.15, 0.2) is 18.2 Å². The van der Waals surface area contributed by atoms with E-state index < -0.39 is 12.1 Å². The molecule has 1 heterocycles. The van der Waals surface area contributed by atoms with Crippen molar-refractivity contribution >= 4 is 11.8 Å². The Morgan fingerprint density at radius 3 is 2.62 bits per heavy atom. The molecular formula is C17H22N2O5. The van der Waals surface area contributed by atoms with Gasteiger partial charge in [0, 0.05) is 6.04 Å². The fourth-order valence-corrected chi connectivity index (χ4v) is 2.92. The minimum absolute atomic E-state index is 0.119. The summed E-state index contributed by atoms with van der Waals surface area (Å²) in [5.74, 6) is 0.676. The van der Waals surface area contributed by atoms with E-state index in [0.29, 0.717) is 11.5 Å². The fourth-order valence-electron chi connectivity index (χ4n) is 2.92. The molecule has 24 heavy (non-hydrogen) atoms. The van der Waals surface area contributed by atoms with Gasteiger partial charge in [-0.15, -0.1) is 0 Å². The van der Waals surface area contributed by atoms with E-state index in [2.05, 4.69) is 10.6 Å². The molecule has 2 atom stereocenters. The largest absolute Gasteiger partial charge is 0.493 e. The van der Waals surface area contributed by atoms with E-state index in [1.54, 1.807) is 32.4 Å². The van der Waals surface area contributed by atoms with Gasteiger partial charge in [0.1, 0.15) is 6.61 Å². The summed E-state index contributed by atoms with van der Waals surface area (Å²) in [5, 5.41) is 5.82. The van der Waals surface area contributed by atoms with Crippen molar-refractivity contribution in [1.82, 2.24) is 10.6 Å². The predicted molar refractivity (Wildman–Crippen MR) is 86.0 cm³/mol. The Kier molecular flexibility index (Phi) is 4.89. The number of morpholine rings is 1. The molecule has 0 aromatic heterocycles. The lowest BCUT2D eigenvalue weighted by atomic mass is 9.92. The summed E-state index contributed by atoms with van der Waals surface area (Å²) in [6, 6.07) is 4.94. The topological polar surface area (TPSA) is 85.9 Å². The molecule has 2 fully saturated rings. The van der Waals surface area contributed by atoms with Crippen LogP contribution in [0.25, 0.3) is 0 Å². The number of hydrogen-bond acceptors (Lipinski definition) is 5. The molecule has 7 nitrogen and oxygen atoms in total. The maximum absolute atomic E-state index is 12.5. The molecule has 7 heteroatoms. The van der Waals surface area contributed by atoms with Crippen LogP contribution >= 0.6 is 0 Å². The predicted octanol–water partition coefficient (Wildman–Crippen LogP) is 0.929. The number of rotatable bonds is 5. The second-order valence-corrected chi connectivity index (χ2v) is 6.03. The van der Waals surface area contributed by atoms with Crippen molar-refractivity contribution in [2.24, 2.45) is 0 Å². The van der Waals surface area contributed by atoms with E-state index in [1.807, 2.05) is 0 Å². The van der Waals surface area contributed by atoms with Crippen molar-refractivity contribution < 1.29 is 23.8 Å². The van der Waals surface area contributed by atoms with Crippen LogP contribution in [-0.4, -0.2) is 44.8 Å². The van der Waals surface area contributed by atoms with Gasteiger partial charge < -0.3 is 24.8 Å². The molecule has 1 aromatic carbocycles. The first-order chi connectivity index (χ1) is 11.6. The molecule has 0 bridgehead atoms. The molecule has 3 rings (SSSR count). The summed E-state index contributed by atoms with van der Waals surface area (Å²) in [4.78, 5) is 24.3. The Bertz CT molecular complexity index is 629. The third-order valence-electron chi connectivity index (χ3n) is 4.49. The Hall–Kier alpha value is -2.28. The Labute approximate surface area is 140 Å². The van der Waals surface area contributed by atoms with Gasteiger partial charge in [-0.1, -0.05) is 6.07 Å². The molecule has 1 aliphatic carbocycles. The molecule has 2 amide bonds. The quantitative estimate of drug-likeness (QED) is 0.837. The van der Waals surface area contributed by atoms with Crippen LogP contribution in [0, 0.1) is 0 Å². The van der Waals surface area contributed by atoms with Gasteiger partial charge in [-0.2, -0.15) is 0 Å². The number of hydrogen-bond donors (Lipinski definition) is 2. The highest BCUT2D eigenvalue weighted by Crippen LogP contribution is 2.32. The third kappa shape index (κ3) is 3.31. The number of nitrogens with one attached hydrogen (secondary N) is 2. The molecule has 2 aliphatic rings. The van der Waals surface area contributed by atoms with Crippen molar-refractivity contribution in [3.8, 4) is 11.5 Å². The minimum atomic E-state index is -0.763. The Balaban J connectivity index is 1.83. The van der Waals surface area contributed by atoms with Crippen LogP contribution in [-0.2, 0) is 14.3 Å². The van der Waals surface area contributed by atoms with Crippen molar-refractivity contribution in [2.75, 3.05) is 20.8 Å². The molecule has 1 saturated carbocycles. The second kappa shape index (κ2) is 7.09. The van der Waals surface area contributed by atoms with E-state index >= 15 is 0 Å². The Morgan fingerprint density at radius 1 is 1.25 bits per heavy atom. The van der Waals surface area contributed by atoms with E-state index in [-0.39, 0.29) is 24.5 Å². The fraction of sp³-hybridized carbons (Fsp3) is 0.529. The van der Waals surface area contributed by atoms with Crippen molar-refractivity contribution in [3.63, 3.8) is 0 Å². The zero-order valence-electron chi connectivity index (χ0n) is 13.8. The molecule has 1 aliphatic heterocycles. The van der Waals surface area contributed by atoms with E-state index in [1.165, 1.54) is 0 Å². The highest BCUT2D eigenvalue weighted by molar-refractivity contribution is 5.86. The monoisotopic (exact) mass is 334 g/mol. The Morgan fingerprint density at radius 2 is 2.00 bits per heavy atom. The van der Waals surface area contributed by atoms with Gasteiger partial charge >= 0.3 is 0 Å². The van der Waals surface area contributed by atoms with Gasteiger partial charge in [-0.25, -0.2) is 0 Å². The first kappa shape index (κ1) is 16.6. The van der Waals surface area contributed by atoms with Crippen molar-refractivity contribution in [1.29, 1.82) is 0 Å². The first-order valence-electron chi connectivity index (χ1n) is 8.05. The lowest BCUT2D eigenvalue weighted by molar-refractivity contribution is -0.148. The van der Waals surface area contributed by atoms with E-state index in [9.17, 15) is 9.59 Å². The normalized spacial score (nSPS) is 23.8. The molecule has 130 valence electrons. The first-order valence-corrected chi connectivity index (χ1v) is 8.05. The lowest BCUT2D eigenvalue weighted by Crippen LogP contribution is -2.54. The molecule has 1 aromatic rings. The van der Waals surface area contributed by atoms with E-state index in [0.717, 1.165) is 24.8 Å². The second-order valence-electron chi connectivity index (χ2n) is 6.03. The maximum Gasteiger partial charge on any atom is 0.251 e. The zero-order chi connectivity index (χ0) is 17.1. The zero-order valence-corrected chi connectivity index (χ0v) is 13.8. The lowest BCUT2D eigenvalue weighted by Gasteiger charge is -2.34. The van der Waals surface area contributed by atoms with Gasteiger partial charge in [-0.3, -0.25) is 9.59 Å². The van der Waals surface area contributed by atoms with Gasteiger partial charge in [0.25, 0.3) is 5.91 Å². The van der Waals surface area contributed by atoms with Gasteiger partial charge in [0.05, 0.1) is 20.3 Å². The molecular weight excluding hydrogens is 312 g/mol. The molecule has 0 spiro atoms. The number of ether oxygens (including phenoxy) is 3. The van der Waals surface area contributed by atoms with Crippen molar-refractivity contribution in [3.05, 3.63) is 23.8 Å². The number of amides is 2. The molecule has 0 unspecified atom stereocenters. The van der Waals surface area contributed by atoms with Crippen LogP contribution in [0.3, 0.4) is 0 Å². The number of carbonyl (C=O) groups excluding carboxylic acids is 2. The third-order valence-corrected chi connectivity index (χ3v) is 4.49. The van der Waals surface area contributed by atoms with Crippen LogP contribution in [0.5, 0.6) is 11.5 Å². The van der Waals surface area contributed by atoms with Crippen molar-refractivity contribution in [2.45, 2.75) is 37.5 Å². The highest BCUT2D eigenvalue weighted by Gasteiger charge is 2.37. The smallest absolute Gasteiger partial charge is 0.251 e. The molecule has 2 N–H and O–H groups in total. The standard InChI is InChI=1S/C17H22N2O5/c1-22-12-7-6-10(8-13(12)23-2)15-16(24-9-14(20)19-15)17(21)18-11-4-3-5-11/h6-8,11,15-16H,3-5,9H2,1-2H3,(H,18,21)(H,19,20)/t15-,16+/m1/s1. The van der Waals surface area contributed by atoms with Crippen LogP contribution in [0.1, 0.15) is 30.9 Å². The van der Waals surface area contributed by atoms with E-state index in [4.69, 9.17) is 14.2 Å². The average Bonchev–Trinajstić information content (AvgIpc) is 2.57. The van der Waals surface area contributed by atoms with Gasteiger partial charge in [0.15, 0.2) is 17.6 Å². The summed E-state index contributed by atoms with van der Waals surface area (Å²) >= 11 is 0. The van der Waals surface area contributed by atoms with Crippen LogP contribution in [0.2, 0.25) is 0 Å². The van der Waals surface area contributed by atoms with Gasteiger partial charge in [-0.05, 0) is 37.0 Å². The molecule has 1 saturated heterocycles. The average molecular weight is 334 g/mol.